The molecule has 2 aromatic carbocycles. The lowest BCUT2D eigenvalue weighted by Crippen LogP contribution is -2.21. The topological polar surface area (TPSA) is 79.9 Å². The van der Waals surface area contributed by atoms with Gasteiger partial charge in [-0.25, -0.2) is 9.78 Å². The zero-order valence-corrected chi connectivity index (χ0v) is 16.6. The highest BCUT2D eigenvalue weighted by atomic mass is 16.1. The quantitative estimate of drug-likeness (QED) is 0.560. The molecule has 0 radical (unpaired) electrons. The molecule has 0 bridgehead atoms. The molecule has 1 saturated heterocycles. The first-order valence-corrected chi connectivity index (χ1v) is 10.2. The van der Waals surface area contributed by atoms with Crippen molar-refractivity contribution in [2.24, 2.45) is 0 Å². The molecule has 1 aliphatic rings. The first-order valence-electron chi connectivity index (χ1n) is 10.2. The normalized spacial score (nSPS) is 16.0. The third-order valence-electron chi connectivity index (χ3n) is 6.04. The van der Waals surface area contributed by atoms with E-state index in [1.54, 1.807) is 4.57 Å². The van der Waals surface area contributed by atoms with Crippen molar-refractivity contribution in [1.82, 2.24) is 19.4 Å². The molecule has 5 rings (SSSR count). The summed E-state index contributed by atoms with van der Waals surface area (Å²) in [7, 11) is 0. The van der Waals surface area contributed by atoms with Crippen LogP contribution >= 0.6 is 0 Å². The van der Waals surface area contributed by atoms with Crippen LogP contribution in [0.2, 0.25) is 0 Å². The zero-order valence-electron chi connectivity index (χ0n) is 16.6. The fourth-order valence-electron chi connectivity index (χ4n) is 4.47. The van der Waals surface area contributed by atoms with Crippen molar-refractivity contribution in [3.63, 3.8) is 0 Å². The van der Waals surface area contributed by atoms with Gasteiger partial charge in [-0.3, -0.25) is 9.47 Å². The van der Waals surface area contributed by atoms with Crippen molar-refractivity contribution in [2.75, 3.05) is 18.8 Å². The van der Waals surface area contributed by atoms with E-state index in [0.29, 0.717) is 11.3 Å². The fraction of sp³-hybridized carbons (Fsp3) is 0.304. The third-order valence-corrected chi connectivity index (χ3v) is 6.04. The molecular weight excluding hydrogens is 362 g/mol. The van der Waals surface area contributed by atoms with E-state index < -0.39 is 0 Å². The second-order valence-corrected chi connectivity index (χ2v) is 7.94. The number of benzene rings is 2. The van der Waals surface area contributed by atoms with Crippen LogP contribution in [-0.4, -0.2) is 32.5 Å². The van der Waals surface area contributed by atoms with Crippen molar-refractivity contribution < 1.29 is 0 Å². The van der Waals surface area contributed by atoms with Crippen molar-refractivity contribution in [1.29, 1.82) is 0 Å². The first kappa shape index (κ1) is 17.9. The molecule has 1 aliphatic heterocycles. The Labute approximate surface area is 169 Å². The molecular formula is C23H25N5O. The van der Waals surface area contributed by atoms with Crippen LogP contribution in [0, 0.1) is 0 Å². The van der Waals surface area contributed by atoms with Gasteiger partial charge in [0.2, 0.25) is 0 Å². The van der Waals surface area contributed by atoms with Crippen LogP contribution in [0.25, 0.3) is 21.9 Å². The summed E-state index contributed by atoms with van der Waals surface area (Å²) in [6.07, 6.45) is 2.59. The Bertz CT molecular complexity index is 1230. The van der Waals surface area contributed by atoms with E-state index in [0.717, 1.165) is 28.5 Å². The Kier molecular flexibility index (Phi) is 4.36. The van der Waals surface area contributed by atoms with E-state index >= 15 is 0 Å². The lowest BCUT2D eigenvalue weighted by molar-refractivity contribution is 0.331. The summed E-state index contributed by atoms with van der Waals surface area (Å²) in [5, 5.41) is 0.924. The smallest absolute Gasteiger partial charge is 0.327 e. The van der Waals surface area contributed by atoms with Crippen molar-refractivity contribution in [2.45, 2.75) is 32.4 Å². The van der Waals surface area contributed by atoms with Gasteiger partial charge in [0.15, 0.2) is 0 Å². The van der Waals surface area contributed by atoms with Crippen LogP contribution in [0.15, 0.2) is 53.3 Å². The largest absolute Gasteiger partial charge is 0.382 e. The molecule has 6 nitrogen and oxygen atoms in total. The average Bonchev–Trinajstić information content (AvgIpc) is 3.36. The number of hydrogen-bond acceptors (Lipinski definition) is 4. The van der Waals surface area contributed by atoms with Gasteiger partial charge >= 0.3 is 5.69 Å². The number of aromatic amines is 1. The highest BCUT2D eigenvalue weighted by Gasteiger charge is 2.19. The van der Waals surface area contributed by atoms with E-state index in [4.69, 9.17) is 5.73 Å². The maximum Gasteiger partial charge on any atom is 0.327 e. The molecule has 4 aromatic rings. The Morgan fingerprint density at radius 2 is 1.83 bits per heavy atom. The molecule has 0 amide bonds. The number of para-hydroxylation sites is 1. The number of pyridine rings is 1. The number of H-pyrrole nitrogens is 1. The number of anilines is 1. The fourth-order valence-corrected chi connectivity index (χ4v) is 4.47. The van der Waals surface area contributed by atoms with E-state index in [9.17, 15) is 4.79 Å². The van der Waals surface area contributed by atoms with Gasteiger partial charge in [-0.15, -0.1) is 0 Å². The van der Waals surface area contributed by atoms with Gasteiger partial charge in [-0.2, -0.15) is 0 Å². The Morgan fingerprint density at radius 3 is 2.59 bits per heavy atom. The van der Waals surface area contributed by atoms with Crippen molar-refractivity contribution in [3.8, 4) is 0 Å². The summed E-state index contributed by atoms with van der Waals surface area (Å²) in [6.45, 7) is 5.42. The minimum atomic E-state index is -0.168. The summed E-state index contributed by atoms with van der Waals surface area (Å²) in [4.78, 5) is 22.7. The van der Waals surface area contributed by atoms with Crippen LogP contribution in [0.4, 0.5) is 5.82 Å². The molecule has 148 valence electrons. The second kappa shape index (κ2) is 7.04. The van der Waals surface area contributed by atoms with Crippen LogP contribution in [0.5, 0.6) is 0 Å². The number of hydrogen-bond donors (Lipinski definition) is 2. The molecule has 29 heavy (non-hydrogen) atoms. The third kappa shape index (κ3) is 3.09. The van der Waals surface area contributed by atoms with Gasteiger partial charge in [-0.1, -0.05) is 42.5 Å². The number of imidazole rings is 1. The van der Waals surface area contributed by atoms with Crippen LogP contribution in [0.3, 0.4) is 0 Å². The second-order valence-electron chi connectivity index (χ2n) is 7.94. The average molecular weight is 387 g/mol. The van der Waals surface area contributed by atoms with Crippen molar-refractivity contribution >= 4 is 27.8 Å². The lowest BCUT2D eigenvalue weighted by Gasteiger charge is -2.17. The predicted molar refractivity (Wildman–Crippen MR) is 117 cm³/mol. The minimum Gasteiger partial charge on any atom is -0.382 e. The lowest BCUT2D eigenvalue weighted by atomic mass is 10.0. The minimum absolute atomic E-state index is 0.123. The monoisotopic (exact) mass is 387 g/mol. The van der Waals surface area contributed by atoms with Gasteiger partial charge in [0.1, 0.15) is 11.3 Å². The SMILES string of the molecule is C[C@@H](c1ccc(CN2CCCC2)cc1)n1c(=O)[nH]c2c(N)nc3ccccc3c21. The van der Waals surface area contributed by atoms with E-state index in [1.165, 1.54) is 31.5 Å². The van der Waals surface area contributed by atoms with Gasteiger partial charge in [-0.05, 0) is 50.0 Å². The first-order chi connectivity index (χ1) is 14.1. The standard InChI is InChI=1S/C23H25N5O/c1-15(17-10-8-16(9-11-17)14-27-12-4-5-13-27)28-21-18-6-2-3-7-19(18)25-22(24)20(21)26-23(28)29/h2-3,6-11,15H,4-5,12-14H2,1H3,(H2,24,25)(H,26,29)/t15-/m0/s1. The maximum atomic E-state index is 12.9. The maximum absolute atomic E-state index is 12.9. The Morgan fingerprint density at radius 1 is 1.10 bits per heavy atom. The molecule has 2 aromatic heterocycles. The number of nitrogens with two attached hydrogens (primary N) is 1. The zero-order chi connectivity index (χ0) is 20.0. The summed E-state index contributed by atoms with van der Waals surface area (Å²) in [5.74, 6) is 0.350. The molecule has 3 N–H and O–H groups in total. The van der Waals surface area contributed by atoms with Gasteiger partial charge < -0.3 is 10.7 Å². The summed E-state index contributed by atoms with van der Waals surface area (Å²) < 4.78 is 1.80. The molecule has 0 spiro atoms. The summed E-state index contributed by atoms with van der Waals surface area (Å²) in [5.41, 5.74) is 10.6. The van der Waals surface area contributed by atoms with Crippen LogP contribution < -0.4 is 11.4 Å². The molecule has 3 heterocycles. The van der Waals surface area contributed by atoms with E-state index in [-0.39, 0.29) is 11.7 Å². The molecule has 0 saturated carbocycles. The van der Waals surface area contributed by atoms with E-state index in [1.807, 2.05) is 24.3 Å². The van der Waals surface area contributed by atoms with Gasteiger partial charge in [0.25, 0.3) is 0 Å². The number of fused-ring (bicyclic) bond motifs is 3. The summed E-state index contributed by atoms with van der Waals surface area (Å²) in [6, 6.07) is 16.3. The van der Waals surface area contributed by atoms with Crippen LogP contribution in [0.1, 0.15) is 36.9 Å². The number of likely N-dealkylation sites (tertiary alicyclic amines) is 1. The Hall–Kier alpha value is -3.12. The number of nitrogen functional groups attached to an aromatic ring is 1. The Balaban J connectivity index is 1.56. The van der Waals surface area contributed by atoms with Crippen LogP contribution in [-0.2, 0) is 6.54 Å². The molecule has 0 aliphatic carbocycles. The van der Waals surface area contributed by atoms with Gasteiger partial charge in [0.05, 0.1) is 17.1 Å². The number of aromatic nitrogens is 3. The number of nitrogens with zero attached hydrogens (tertiary/aromatic N) is 3. The highest BCUT2D eigenvalue weighted by molar-refractivity contribution is 6.06. The summed E-state index contributed by atoms with van der Waals surface area (Å²) >= 11 is 0. The van der Waals surface area contributed by atoms with Crippen molar-refractivity contribution in [3.05, 3.63) is 70.1 Å². The van der Waals surface area contributed by atoms with E-state index in [2.05, 4.69) is 46.1 Å². The number of rotatable bonds is 4. The molecule has 6 heteroatoms. The molecule has 1 fully saturated rings. The van der Waals surface area contributed by atoms with Gasteiger partial charge in [0, 0.05) is 11.9 Å². The highest BCUT2D eigenvalue weighted by Crippen LogP contribution is 2.29. The predicted octanol–water partition coefficient (Wildman–Crippen LogP) is 3.67. The molecule has 1 atom stereocenters. The molecule has 0 unspecified atom stereocenters. The number of nitrogens with one attached hydrogen (secondary N) is 1.